The first-order valence-corrected chi connectivity index (χ1v) is 6.75. The Morgan fingerprint density at radius 1 is 1.35 bits per heavy atom. The van der Waals surface area contributed by atoms with Gasteiger partial charge in [0.1, 0.15) is 5.75 Å². The lowest BCUT2D eigenvalue weighted by molar-refractivity contribution is -0.122. The van der Waals surface area contributed by atoms with Crippen molar-refractivity contribution < 1.29 is 18.7 Å². The second-order valence-corrected chi connectivity index (χ2v) is 5.12. The maximum atomic E-state index is 12.3. The molecule has 1 aliphatic heterocycles. The molecule has 1 amide bonds. The molecule has 20 heavy (non-hydrogen) atoms. The van der Waals surface area contributed by atoms with E-state index in [-0.39, 0.29) is 11.7 Å². The Kier molecular flexibility index (Phi) is 3.10. The second kappa shape index (κ2) is 4.79. The SMILES string of the molecule is CC1Oc2ccc(C(=O)c3ccoc3Br)cc2NC1=O. The molecule has 0 bridgehead atoms. The van der Waals surface area contributed by atoms with E-state index in [2.05, 4.69) is 21.2 Å². The third-order valence-corrected chi connectivity index (χ3v) is 3.65. The third-order valence-electron chi connectivity index (χ3n) is 3.04. The highest BCUT2D eigenvalue weighted by molar-refractivity contribution is 9.10. The van der Waals surface area contributed by atoms with Gasteiger partial charge in [-0.3, -0.25) is 9.59 Å². The summed E-state index contributed by atoms with van der Waals surface area (Å²) in [7, 11) is 0. The summed E-state index contributed by atoms with van der Waals surface area (Å²) in [5, 5.41) is 2.71. The number of furan rings is 1. The number of carbonyl (C=O) groups is 2. The molecule has 6 heteroatoms. The predicted octanol–water partition coefficient (Wildman–Crippen LogP) is 2.99. The van der Waals surface area contributed by atoms with Gasteiger partial charge in [-0.1, -0.05) is 0 Å². The Morgan fingerprint density at radius 2 is 2.15 bits per heavy atom. The second-order valence-electron chi connectivity index (χ2n) is 4.40. The van der Waals surface area contributed by atoms with Crippen LogP contribution in [0.5, 0.6) is 5.75 Å². The number of ether oxygens (including phenoxy) is 1. The lowest BCUT2D eigenvalue weighted by Crippen LogP contribution is -2.34. The van der Waals surface area contributed by atoms with Crippen LogP contribution >= 0.6 is 15.9 Å². The molecule has 0 radical (unpaired) electrons. The van der Waals surface area contributed by atoms with Gasteiger partial charge in [-0.05, 0) is 47.1 Å². The lowest BCUT2D eigenvalue weighted by atomic mass is 10.0. The van der Waals surface area contributed by atoms with Crippen molar-refractivity contribution in [1.29, 1.82) is 0 Å². The van der Waals surface area contributed by atoms with Crippen molar-refractivity contribution >= 4 is 33.3 Å². The summed E-state index contributed by atoms with van der Waals surface area (Å²) in [6, 6.07) is 6.52. The Hall–Kier alpha value is -2.08. The molecule has 0 fully saturated rings. The number of ketones is 1. The summed E-state index contributed by atoms with van der Waals surface area (Å²) in [4.78, 5) is 23.9. The number of fused-ring (bicyclic) bond motifs is 1. The van der Waals surface area contributed by atoms with E-state index < -0.39 is 6.10 Å². The molecule has 1 N–H and O–H groups in total. The number of hydrogen-bond donors (Lipinski definition) is 1. The highest BCUT2D eigenvalue weighted by atomic mass is 79.9. The molecule has 1 unspecified atom stereocenters. The van der Waals surface area contributed by atoms with Gasteiger partial charge in [0, 0.05) is 5.56 Å². The molecule has 102 valence electrons. The number of hydrogen-bond acceptors (Lipinski definition) is 4. The molecular formula is C14H10BrNO4. The largest absolute Gasteiger partial charge is 0.479 e. The molecule has 0 saturated carbocycles. The first-order chi connectivity index (χ1) is 9.56. The predicted molar refractivity (Wildman–Crippen MR) is 75.0 cm³/mol. The normalized spacial score (nSPS) is 17.1. The van der Waals surface area contributed by atoms with Gasteiger partial charge in [-0.25, -0.2) is 0 Å². The van der Waals surface area contributed by atoms with Gasteiger partial charge in [-0.15, -0.1) is 0 Å². The molecule has 2 heterocycles. The average Bonchev–Trinajstić information content (AvgIpc) is 2.85. The fourth-order valence-corrected chi connectivity index (χ4v) is 2.38. The smallest absolute Gasteiger partial charge is 0.265 e. The van der Waals surface area contributed by atoms with E-state index in [1.54, 1.807) is 31.2 Å². The van der Waals surface area contributed by atoms with Gasteiger partial charge in [0.2, 0.25) is 0 Å². The minimum absolute atomic E-state index is 0.193. The monoisotopic (exact) mass is 335 g/mol. The van der Waals surface area contributed by atoms with Gasteiger partial charge in [0.15, 0.2) is 16.6 Å². The maximum Gasteiger partial charge on any atom is 0.265 e. The minimum atomic E-state index is -0.535. The van der Waals surface area contributed by atoms with Gasteiger partial charge in [0.25, 0.3) is 5.91 Å². The Bertz CT molecular complexity index is 707. The molecule has 5 nitrogen and oxygen atoms in total. The number of carbonyl (C=O) groups excluding carboxylic acids is 2. The van der Waals surface area contributed by atoms with E-state index in [0.29, 0.717) is 27.2 Å². The third kappa shape index (κ3) is 2.12. The van der Waals surface area contributed by atoms with Crippen molar-refractivity contribution in [3.63, 3.8) is 0 Å². The Labute approximate surface area is 123 Å². The van der Waals surface area contributed by atoms with Gasteiger partial charge < -0.3 is 14.5 Å². The van der Waals surface area contributed by atoms with E-state index in [0.717, 1.165) is 0 Å². The Balaban J connectivity index is 1.97. The van der Waals surface area contributed by atoms with Crippen LogP contribution in [0.4, 0.5) is 5.69 Å². The van der Waals surface area contributed by atoms with E-state index in [9.17, 15) is 9.59 Å². The number of benzene rings is 1. The zero-order chi connectivity index (χ0) is 14.3. The Morgan fingerprint density at radius 3 is 2.85 bits per heavy atom. The summed E-state index contributed by atoms with van der Waals surface area (Å²) in [5.41, 5.74) is 1.38. The molecule has 1 aliphatic rings. The van der Waals surface area contributed by atoms with Crippen LogP contribution in [-0.4, -0.2) is 17.8 Å². The molecule has 3 rings (SSSR count). The van der Waals surface area contributed by atoms with Crippen molar-refractivity contribution in [2.24, 2.45) is 0 Å². The van der Waals surface area contributed by atoms with Crippen LogP contribution in [0.3, 0.4) is 0 Å². The van der Waals surface area contributed by atoms with Crippen LogP contribution < -0.4 is 10.1 Å². The van der Waals surface area contributed by atoms with Crippen LogP contribution in [0.15, 0.2) is 39.6 Å². The van der Waals surface area contributed by atoms with Crippen LogP contribution in [0.2, 0.25) is 0 Å². The lowest BCUT2D eigenvalue weighted by Gasteiger charge is -2.23. The first kappa shape index (κ1) is 12.9. The van der Waals surface area contributed by atoms with Gasteiger partial charge >= 0.3 is 0 Å². The van der Waals surface area contributed by atoms with Crippen molar-refractivity contribution in [3.05, 3.63) is 46.3 Å². The molecule has 0 spiro atoms. The summed E-state index contributed by atoms with van der Waals surface area (Å²) in [6.07, 6.45) is 0.898. The number of anilines is 1. The van der Waals surface area contributed by atoms with Crippen molar-refractivity contribution in [1.82, 2.24) is 0 Å². The maximum absolute atomic E-state index is 12.3. The van der Waals surface area contributed by atoms with Crippen LogP contribution in [0.1, 0.15) is 22.8 Å². The molecule has 1 aromatic heterocycles. The fraction of sp³-hybridized carbons (Fsp3) is 0.143. The van der Waals surface area contributed by atoms with E-state index in [4.69, 9.17) is 9.15 Å². The van der Waals surface area contributed by atoms with Crippen LogP contribution in [0.25, 0.3) is 0 Å². The summed E-state index contributed by atoms with van der Waals surface area (Å²) in [5.74, 6) is 0.132. The average molecular weight is 336 g/mol. The summed E-state index contributed by atoms with van der Waals surface area (Å²) in [6.45, 7) is 1.67. The topological polar surface area (TPSA) is 68.5 Å². The zero-order valence-electron chi connectivity index (χ0n) is 10.5. The molecule has 2 aromatic rings. The zero-order valence-corrected chi connectivity index (χ0v) is 12.1. The number of halogens is 1. The number of rotatable bonds is 2. The van der Waals surface area contributed by atoms with Crippen molar-refractivity contribution in [3.8, 4) is 5.75 Å². The highest BCUT2D eigenvalue weighted by Crippen LogP contribution is 2.31. The molecular weight excluding hydrogens is 326 g/mol. The standard InChI is InChI=1S/C14H10BrNO4/c1-7-14(18)16-10-6-8(2-3-11(10)20-7)12(17)9-4-5-19-13(9)15/h2-7H,1H3,(H,16,18). The van der Waals surface area contributed by atoms with E-state index in [1.807, 2.05) is 0 Å². The quantitative estimate of drug-likeness (QED) is 0.856. The van der Waals surface area contributed by atoms with Crippen molar-refractivity contribution in [2.45, 2.75) is 13.0 Å². The number of nitrogens with one attached hydrogen (secondary N) is 1. The molecule has 1 atom stereocenters. The molecule has 0 aliphatic carbocycles. The minimum Gasteiger partial charge on any atom is -0.479 e. The first-order valence-electron chi connectivity index (χ1n) is 5.95. The van der Waals surface area contributed by atoms with E-state index in [1.165, 1.54) is 6.26 Å². The fourth-order valence-electron chi connectivity index (χ4n) is 1.96. The summed E-state index contributed by atoms with van der Waals surface area (Å²) < 4.78 is 10.9. The van der Waals surface area contributed by atoms with Gasteiger partial charge in [0.05, 0.1) is 17.5 Å². The van der Waals surface area contributed by atoms with Gasteiger partial charge in [-0.2, -0.15) is 0 Å². The van der Waals surface area contributed by atoms with Crippen molar-refractivity contribution in [2.75, 3.05) is 5.32 Å². The molecule has 0 saturated heterocycles. The highest BCUT2D eigenvalue weighted by Gasteiger charge is 2.25. The van der Waals surface area contributed by atoms with Crippen LogP contribution in [-0.2, 0) is 4.79 Å². The summed E-state index contributed by atoms with van der Waals surface area (Å²) >= 11 is 3.17. The molecule has 1 aromatic carbocycles. The van der Waals surface area contributed by atoms with E-state index >= 15 is 0 Å². The van der Waals surface area contributed by atoms with Crippen LogP contribution in [0, 0.1) is 0 Å². The number of amides is 1.